The first-order valence-corrected chi connectivity index (χ1v) is 9.55. The monoisotopic (exact) mass is 416 g/mol. The fraction of sp³-hybridized carbons (Fsp3) is 0.350. The van der Waals surface area contributed by atoms with Gasteiger partial charge in [-0.15, -0.1) is 0 Å². The first-order chi connectivity index (χ1) is 14.3. The number of benzene rings is 1. The summed E-state index contributed by atoms with van der Waals surface area (Å²) in [5.74, 6) is -2.47. The average Bonchev–Trinajstić information content (AvgIpc) is 2.72. The van der Waals surface area contributed by atoms with Crippen LogP contribution in [0.4, 0.5) is 4.39 Å². The highest BCUT2D eigenvalue weighted by molar-refractivity contribution is 5.96. The van der Waals surface area contributed by atoms with Crippen molar-refractivity contribution in [1.29, 1.82) is 0 Å². The van der Waals surface area contributed by atoms with Crippen molar-refractivity contribution in [2.75, 3.05) is 26.2 Å². The molecule has 0 atom stereocenters. The van der Waals surface area contributed by atoms with Gasteiger partial charge in [0.15, 0.2) is 17.2 Å². The van der Waals surface area contributed by atoms with Gasteiger partial charge in [-0.25, -0.2) is 4.39 Å². The van der Waals surface area contributed by atoms with Crippen molar-refractivity contribution in [1.82, 2.24) is 19.7 Å². The van der Waals surface area contributed by atoms with Crippen LogP contribution >= 0.6 is 0 Å². The highest BCUT2D eigenvalue weighted by Gasteiger charge is 2.33. The summed E-state index contributed by atoms with van der Waals surface area (Å²) in [6, 6.07) is 5.69. The second-order valence-corrected chi connectivity index (χ2v) is 7.39. The van der Waals surface area contributed by atoms with Crippen molar-refractivity contribution >= 4 is 11.8 Å². The highest BCUT2D eigenvalue weighted by atomic mass is 19.1. The lowest BCUT2D eigenvalue weighted by molar-refractivity contribution is -0.124. The van der Waals surface area contributed by atoms with E-state index in [1.54, 1.807) is 17.0 Å². The van der Waals surface area contributed by atoms with E-state index in [9.17, 15) is 29.0 Å². The standard InChI is InChI=1S/C20H21FN4O5/c21-13-3-1-12(2-4-13)9-24-7-8-25-16(20(24)30)18(28)17(27)14(19(25)29)10-23-6-5-22-15(26)11-23/h1-4,27-28H,5-11H2,(H,22,26). The number of carbonyl (C=O) groups excluding carboxylic acids is 2. The van der Waals surface area contributed by atoms with Crippen molar-refractivity contribution in [3.8, 4) is 11.5 Å². The van der Waals surface area contributed by atoms with Crippen LogP contribution < -0.4 is 10.9 Å². The van der Waals surface area contributed by atoms with E-state index in [1.165, 1.54) is 17.0 Å². The Labute approximate surface area is 170 Å². The molecule has 1 fully saturated rings. The number of fused-ring (bicyclic) bond motifs is 1. The Hall–Kier alpha value is -3.40. The second-order valence-electron chi connectivity index (χ2n) is 7.39. The van der Waals surface area contributed by atoms with Crippen LogP contribution in [-0.4, -0.2) is 62.6 Å². The summed E-state index contributed by atoms with van der Waals surface area (Å²) in [7, 11) is 0. The number of nitrogens with one attached hydrogen (secondary N) is 1. The van der Waals surface area contributed by atoms with E-state index in [4.69, 9.17) is 0 Å². The van der Waals surface area contributed by atoms with E-state index >= 15 is 0 Å². The van der Waals surface area contributed by atoms with Crippen LogP contribution in [-0.2, 0) is 24.4 Å². The van der Waals surface area contributed by atoms with E-state index < -0.39 is 23.0 Å². The van der Waals surface area contributed by atoms with Gasteiger partial charge in [0.05, 0.1) is 12.1 Å². The lowest BCUT2D eigenvalue weighted by atomic mass is 10.1. The summed E-state index contributed by atoms with van der Waals surface area (Å²) in [5, 5.41) is 23.6. The lowest BCUT2D eigenvalue weighted by Gasteiger charge is -2.31. The third-order valence-electron chi connectivity index (χ3n) is 5.38. The molecule has 0 spiro atoms. The Bertz CT molecular complexity index is 1070. The lowest BCUT2D eigenvalue weighted by Crippen LogP contribution is -2.48. The zero-order valence-electron chi connectivity index (χ0n) is 16.1. The number of hydrogen-bond donors (Lipinski definition) is 3. The molecule has 1 aromatic carbocycles. The molecular weight excluding hydrogens is 395 g/mol. The molecule has 2 aliphatic rings. The number of nitrogens with zero attached hydrogens (tertiary/aromatic N) is 3. The molecule has 30 heavy (non-hydrogen) atoms. The zero-order chi connectivity index (χ0) is 21.4. The Morgan fingerprint density at radius 1 is 0.967 bits per heavy atom. The third kappa shape index (κ3) is 3.61. The van der Waals surface area contributed by atoms with Gasteiger partial charge in [0.25, 0.3) is 11.5 Å². The summed E-state index contributed by atoms with van der Waals surface area (Å²) >= 11 is 0. The van der Waals surface area contributed by atoms with Crippen LogP contribution in [0.1, 0.15) is 21.6 Å². The van der Waals surface area contributed by atoms with Crippen molar-refractivity contribution in [3.05, 3.63) is 57.3 Å². The Balaban J connectivity index is 1.63. The first kappa shape index (κ1) is 19.9. The second kappa shape index (κ2) is 7.79. The maximum atomic E-state index is 13.1. The van der Waals surface area contributed by atoms with Gasteiger partial charge in [0.1, 0.15) is 5.82 Å². The number of pyridine rings is 1. The predicted molar refractivity (Wildman–Crippen MR) is 103 cm³/mol. The molecule has 9 nitrogen and oxygen atoms in total. The summed E-state index contributed by atoms with van der Waals surface area (Å²) in [5.41, 5.74) is -0.193. The highest BCUT2D eigenvalue weighted by Crippen LogP contribution is 2.33. The average molecular weight is 416 g/mol. The molecule has 2 aliphatic heterocycles. The summed E-state index contributed by atoms with van der Waals surface area (Å²) in [6.07, 6.45) is 0. The van der Waals surface area contributed by atoms with Gasteiger partial charge in [0, 0.05) is 39.3 Å². The fourth-order valence-corrected chi connectivity index (χ4v) is 3.80. The minimum absolute atomic E-state index is 0.0145. The van der Waals surface area contributed by atoms with Crippen molar-refractivity contribution in [2.24, 2.45) is 0 Å². The predicted octanol–water partition coefficient (Wildman–Crippen LogP) is -0.0136. The fourth-order valence-electron chi connectivity index (χ4n) is 3.80. The normalized spacial score (nSPS) is 17.0. The first-order valence-electron chi connectivity index (χ1n) is 9.55. The molecule has 4 rings (SSSR count). The largest absolute Gasteiger partial charge is 0.504 e. The Morgan fingerprint density at radius 2 is 1.70 bits per heavy atom. The molecule has 10 heteroatoms. The molecule has 2 amide bonds. The summed E-state index contributed by atoms with van der Waals surface area (Å²) in [6.45, 7) is 1.52. The van der Waals surface area contributed by atoms with Crippen molar-refractivity contribution in [2.45, 2.75) is 19.6 Å². The number of rotatable bonds is 4. The number of aromatic nitrogens is 1. The minimum Gasteiger partial charge on any atom is -0.504 e. The number of aromatic hydroxyl groups is 2. The molecule has 1 aromatic heterocycles. The quantitative estimate of drug-likeness (QED) is 0.646. The molecule has 1 saturated heterocycles. The Morgan fingerprint density at radius 3 is 2.40 bits per heavy atom. The maximum absolute atomic E-state index is 13.1. The van der Waals surface area contributed by atoms with Crippen molar-refractivity contribution in [3.63, 3.8) is 0 Å². The van der Waals surface area contributed by atoms with Crippen LogP contribution in [0.25, 0.3) is 0 Å². The van der Waals surface area contributed by atoms with E-state index in [0.29, 0.717) is 18.7 Å². The van der Waals surface area contributed by atoms with Gasteiger partial charge in [-0.05, 0) is 17.7 Å². The van der Waals surface area contributed by atoms with Crippen molar-refractivity contribution < 1.29 is 24.2 Å². The number of piperazine rings is 1. The van der Waals surface area contributed by atoms with Crippen LogP contribution in [0.5, 0.6) is 11.5 Å². The molecule has 0 saturated carbocycles. The Kier molecular flexibility index (Phi) is 5.17. The summed E-state index contributed by atoms with van der Waals surface area (Å²) in [4.78, 5) is 40.5. The topological polar surface area (TPSA) is 115 Å². The third-order valence-corrected chi connectivity index (χ3v) is 5.38. The molecule has 2 aromatic rings. The van der Waals surface area contributed by atoms with E-state index in [0.717, 1.165) is 4.57 Å². The molecule has 0 unspecified atom stereocenters. The number of hydrogen-bond acceptors (Lipinski definition) is 6. The molecule has 3 heterocycles. The van der Waals surface area contributed by atoms with Gasteiger partial charge < -0.3 is 20.4 Å². The van der Waals surface area contributed by atoms with Gasteiger partial charge in [-0.1, -0.05) is 12.1 Å². The van der Waals surface area contributed by atoms with Gasteiger partial charge in [0.2, 0.25) is 5.91 Å². The number of carbonyl (C=O) groups is 2. The smallest absolute Gasteiger partial charge is 0.274 e. The molecule has 0 aliphatic carbocycles. The number of amides is 2. The van der Waals surface area contributed by atoms with Gasteiger partial charge in [-0.3, -0.25) is 23.9 Å². The van der Waals surface area contributed by atoms with Gasteiger partial charge >= 0.3 is 0 Å². The van der Waals surface area contributed by atoms with Gasteiger partial charge in [-0.2, -0.15) is 0 Å². The van der Waals surface area contributed by atoms with E-state index in [1.807, 2.05) is 0 Å². The molecular formula is C20H21FN4O5. The molecule has 0 radical (unpaired) electrons. The maximum Gasteiger partial charge on any atom is 0.274 e. The van der Waals surface area contributed by atoms with Crippen LogP contribution in [0, 0.1) is 5.82 Å². The molecule has 158 valence electrons. The zero-order valence-corrected chi connectivity index (χ0v) is 16.1. The van der Waals surface area contributed by atoms with E-state index in [2.05, 4.69) is 5.32 Å². The molecule has 3 N–H and O–H groups in total. The van der Waals surface area contributed by atoms with E-state index in [-0.39, 0.29) is 55.7 Å². The SMILES string of the molecule is O=C1CN(Cc2c(O)c(O)c3n(c2=O)CCN(Cc2ccc(F)cc2)C3=O)CCN1. The number of halogens is 1. The summed E-state index contributed by atoms with van der Waals surface area (Å²) < 4.78 is 14.3. The van der Waals surface area contributed by atoms with Crippen LogP contribution in [0.2, 0.25) is 0 Å². The molecule has 0 bridgehead atoms. The minimum atomic E-state index is -0.653. The van der Waals surface area contributed by atoms with Crippen LogP contribution in [0.3, 0.4) is 0 Å². The van der Waals surface area contributed by atoms with Crippen LogP contribution in [0.15, 0.2) is 29.1 Å².